The molecule has 0 fully saturated rings. The molecular formula is C18H14N2O2S3. The molecule has 2 N–H and O–H groups in total. The third kappa shape index (κ3) is 2.84. The number of nitrogen functional groups attached to an aromatic ring is 1. The van der Waals surface area contributed by atoms with Crippen LogP contribution in [-0.4, -0.2) is 17.6 Å². The van der Waals surface area contributed by atoms with Crippen molar-refractivity contribution in [3.8, 4) is 21.0 Å². The van der Waals surface area contributed by atoms with Crippen molar-refractivity contribution in [1.82, 2.24) is 4.98 Å². The van der Waals surface area contributed by atoms with Gasteiger partial charge in [-0.2, -0.15) is 0 Å². The molecule has 0 aliphatic carbocycles. The van der Waals surface area contributed by atoms with Gasteiger partial charge in [0.15, 0.2) is 0 Å². The van der Waals surface area contributed by atoms with Crippen LogP contribution in [-0.2, 0) is 4.74 Å². The highest BCUT2D eigenvalue weighted by molar-refractivity contribution is 7.21. The third-order valence-electron chi connectivity index (χ3n) is 3.72. The molecule has 0 saturated heterocycles. The highest BCUT2D eigenvalue weighted by Gasteiger charge is 2.22. The maximum Gasteiger partial charge on any atom is 0.350 e. The van der Waals surface area contributed by atoms with Gasteiger partial charge in [-0.25, -0.2) is 9.78 Å². The summed E-state index contributed by atoms with van der Waals surface area (Å²) in [6.07, 6.45) is 0. The third-order valence-corrected chi connectivity index (χ3v) is 6.60. The van der Waals surface area contributed by atoms with Crippen molar-refractivity contribution in [3.63, 3.8) is 0 Å². The highest BCUT2D eigenvalue weighted by Crippen LogP contribution is 2.43. The Hall–Kier alpha value is -2.22. The zero-order valence-electron chi connectivity index (χ0n) is 13.3. The Morgan fingerprint density at radius 3 is 2.56 bits per heavy atom. The number of rotatable bonds is 4. The van der Waals surface area contributed by atoms with Crippen LogP contribution < -0.4 is 5.73 Å². The van der Waals surface area contributed by atoms with E-state index in [9.17, 15) is 4.79 Å². The van der Waals surface area contributed by atoms with Crippen molar-refractivity contribution in [2.45, 2.75) is 6.92 Å². The largest absolute Gasteiger partial charge is 0.462 e. The number of nitrogens with zero attached hydrogens (tertiary/aromatic N) is 1. The van der Waals surface area contributed by atoms with Gasteiger partial charge in [-0.1, -0.05) is 12.1 Å². The smallest absolute Gasteiger partial charge is 0.350 e. The first-order valence-corrected chi connectivity index (χ1v) is 10.2. The van der Waals surface area contributed by atoms with E-state index < -0.39 is 5.97 Å². The normalized spacial score (nSPS) is 11.1. The quantitative estimate of drug-likeness (QED) is 0.470. The Morgan fingerprint density at radius 2 is 1.92 bits per heavy atom. The van der Waals surface area contributed by atoms with Gasteiger partial charge in [0.1, 0.15) is 9.71 Å². The van der Waals surface area contributed by atoms with Gasteiger partial charge in [-0.05, 0) is 35.9 Å². The molecule has 0 saturated carbocycles. The zero-order valence-corrected chi connectivity index (χ0v) is 15.8. The van der Waals surface area contributed by atoms with Crippen LogP contribution in [0.3, 0.4) is 0 Å². The Morgan fingerprint density at radius 1 is 1.20 bits per heavy atom. The number of anilines is 1. The number of carbonyl (C=O) groups excluding carboxylic acids is 1. The predicted molar refractivity (Wildman–Crippen MR) is 107 cm³/mol. The van der Waals surface area contributed by atoms with Gasteiger partial charge in [0.05, 0.1) is 22.9 Å². The summed E-state index contributed by atoms with van der Waals surface area (Å²) in [7, 11) is 0. The fourth-order valence-electron chi connectivity index (χ4n) is 2.65. The maximum absolute atomic E-state index is 12.2. The highest BCUT2D eigenvalue weighted by atomic mass is 32.1. The molecule has 0 aromatic carbocycles. The van der Waals surface area contributed by atoms with E-state index in [1.165, 1.54) is 11.3 Å². The molecule has 4 heterocycles. The van der Waals surface area contributed by atoms with Gasteiger partial charge < -0.3 is 10.5 Å². The average Bonchev–Trinajstić information content (AvgIpc) is 3.36. The van der Waals surface area contributed by atoms with Crippen molar-refractivity contribution in [3.05, 3.63) is 46.0 Å². The number of carbonyl (C=O) groups is 1. The van der Waals surface area contributed by atoms with E-state index >= 15 is 0 Å². The first-order chi connectivity index (χ1) is 12.2. The number of nitrogens with two attached hydrogens (primary N) is 1. The average molecular weight is 387 g/mol. The van der Waals surface area contributed by atoms with Crippen LogP contribution in [0.2, 0.25) is 0 Å². The van der Waals surface area contributed by atoms with Gasteiger partial charge in [-0.3, -0.25) is 0 Å². The molecule has 7 heteroatoms. The Labute approximate surface area is 156 Å². The van der Waals surface area contributed by atoms with Crippen LogP contribution in [0, 0.1) is 0 Å². The molecule has 0 atom stereocenters. The van der Waals surface area contributed by atoms with Gasteiger partial charge in [0, 0.05) is 15.8 Å². The van der Waals surface area contributed by atoms with E-state index in [0.717, 1.165) is 31.2 Å². The second-order valence-corrected chi connectivity index (χ2v) is 8.15. The van der Waals surface area contributed by atoms with Gasteiger partial charge in [0.2, 0.25) is 0 Å². The van der Waals surface area contributed by atoms with Crippen LogP contribution >= 0.6 is 34.0 Å². The first kappa shape index (κ1) is 16.3. The van der Waals surface area contributed by atoms with Crippen LogP contribution in [0.1, 0.15) is 16.6 Å². The van der Waals surface area contributed by atoms with Crippen molar-refractivity contribution >= 4 is 55.9 Å². The molecule has 0 amide bonds. The van der Waals surface area contributed by atoms with Crippen molar-refractivity contribution in [1.29, 1.82) is 0 Å². The van der Waals surface area contributed by atoms with Crippen LogP contribution in [0.15, 0.2) is 41.1 Å². The fraction of sp³-hybridized carbons (Fsp3) is 0.111. The Balaban J connectivity index is 2.00. The summed E-state index contributed by atoms with van der Waals surface area (Å²) in [5.41, 5.74) is 8.67. The van der Waals surface area contributed by atoms with E-state index in [0.29, 0.717) is 17.2 Å². The second-order valence-electron chi connectivity index (χ2n) is 5.26. The second kappa shape index (κ2) is 6.59. The minimum absolute atomic E-state index is 0.318. The number of fused-ring (bicyclic) bond motifs is 1. The number of pyridine rings is 1. The Kier molecular flexibility index (Phi) is 4.29. The van der Waals surface area contributed by atoms with E-state index in [1.807, 2.05) is 29.0 Å². The summed E-state index contributed by atoms with van der Waals surface area (Å²) in [5.74, 6) is -0.391. The molecule has 4 nitrogen and oxygen atoms in total. The lowest BCUT2D eigenvalue weighted by Gasteiger charge is -2.05. The lowest BCUT2D eigenvalue weighted by molar-refractivity contribution is 0.0533. The molecule has 0 radical (unpaired) electrons. The molecular weight excluding hydrogens is 372 g/mol. The lowest BCUT2D eigenvalue weighted by atomic mass is 10.1. The number of hydrogen-bond donors (Lipinski definition) is 1. The standard InChI is InChI=1S/C18H14N2O2S3/c1-2-22-18(21)16-15(19)14-10(12-5-3-7-23-12)9-11(20-17(14)25-16)13-6-4-8-24-13/h3-9H,2,19H2,1H3. The summed E-state index contributed by atoms with van der Waals surface area (Å²) in [6, 6.07) is 10.2. The monoisotopic (exact) mass is 386 g/mol. The topological polar surface area (TPSA) is 65.2 Å². The molecule has 25 heavy (non-hydrogen) atoms. The molecule has 0 aliphatic rings. The summed E-state index contributed by atoms with van der Waals surface area (Å²) < 4.78 is 5.14. The van der Waals surface area contributed by atoms with Gasteiger partial charge >= 0.3 is 5.97 Å². The molecule has 4 aromatic rings. The number of thiophene rings is 3. The molecule has 4 aromatic heterocycles. The first-order valence-electron chi connectivity index (χ1n) is 7.67. The molecule has 126 valence electrons. The summed E-state index contributed by atoms with van der Waals surface area (Å²) >= 11 is 4.57. The Bertz CT molecular complexity index is 1030. The van der Waals surface area contributed by atoms with E-state index in [2.05, 4.69) is 12.1 Å². The SMILES string of the molecule is CCOC(=O)c1sc2nc(-c3cccs3)cc(-c3cccs3)c2c1N. The van der Waals surface area contributed by atoms with E-state index in [-0.39, 0.29) is 0 Å². The lowest BCUT2D eigenvalue weighted by Crippen LogP contribution is -2.04. The van der Waals surface area contributed by atoms with Crippen LogP contribution in [0.5, 0.6) is 0 Å². The number of esters is 1. The molecule has 0 aliphatic heterocycles. The minimum Gasteiger partial charge on any atom is -0.462 e. The van der Waals surface area contributed by atoms with Gasteiger partial charge in [0.25, 0.3) is 0 Å². The zero-order chi connectivity index (χ0) is 17.4. The van der Waals surface area contributed by atoms with Crippen molar-refractivity contribution < 1.29 is 9.53 Å². The fourth-order valence-corrected chi connectivity index (χ4v) is 5.09. The van der Waals surface area contributed by atoms with Crippen LogP contribution in [0.25, 0.3) is 31.2 Å². The summed E-state index contributed by atoms with van der Waals surface area (Å²) in [5, 5.41) is 4.89. The van der Waals surface area contributed by atoms with E-state index in [4.69, 9.17) is 15.5 Å². The van der Waals surface area contributed by atoms with Gasteiger partial charge in [-0.15, -0.1) is 34.0 Å². The van der Waals surface area contributed by atoms with Crippen LogP contribution in [0.4, 0.5) is 5.69 Å². The predicted octanol–water partition coefficient (Wildman–Crippen LogP) is 5.51. The molecule has 0 bridgehead atoms. The molecule has 0 spiro atoms. The minimum atomic E-state index is -0.391. The number of ether oxygens (including phenoxy) is 1. The summed E-state index contributed by atoms with van der Waals surface area (Å²) in [6.45, 7) is 2.10. The van der Waals surface area contributed by atoms with E-state index in [1.54, 1.807) is 29.6 Å². The number of hydrogen-bond acceptors (Lipinski definition) is 7. The van der Waals surface area contributed by atoms with Crippen molar-refractivity contribution in [2.24, 2.45) is 0 Å². The molecule has 4 rings (SSSR count). The number of aromatic nitrogens is 1. The van der Waals surface area contributed by atoms with Crippen molar-refractivity contribution in [2.75, 3.05) is 12.3 Å². The maximum atomic E-state index is 12.2. The molecule has 0 unspecified atom stereocenters. The summed E-state index contributed by atoms with van der Waals surface area (Å²) in [4.78, 5) is 20.4.